The van der Waals surface area contributed by atoms with Crippen molar-refractivity contribution in [1.82, 2.24) is 0 Å². The van der Waals surface area contributed by atoms with Crippen molar-refractivity contribution in [1.29, 1.82) is 0 Å². The second-order valence-electron chi connectivity index (χ2n) is 6.09. The highest BCUT2D eigenvalue weighted by Gasteiger charge is 2.13. The lowest BCUT2D eigenvalue weighted by Crippen LogP contribution is -2.22. The molecule has 0 saturated heterocycles. The molecule has 2 aromatic carbocycles. The first kappa shape index (κ1) is 20.0. The molecule has 4 N–H and O–H groups in total. The van der Waals surface area contributed by atoms with Gasteiger partial charge in [-0.2, -0.15) is 0 Å². The molecule has 7 heteroatoms. The average Bonchev–Trinajstić information content (AvgIpc) is 2.66. The average molecular weight is 369 g/mol. The molecule has 0 bridgehead atoms. The first-order valence-corrected chi connectivity index (χ1v) is 8.63. The zero-order valence-electron chi connectivity index (χ0n) is 15.3. The van der Waals surface area contributed by atoms with Gasteiger partial charge < -0.3 is 21.1 Å². The van der Waals surface area contributed by atoms with E-state index in [0.29, 0.717) is 11.6 Å². The number of carbonyl (C=O) groups is 3. The molecule has 0 aliphatic rings. The summed E-state index contributed by atoms with van der Waals surface area (Å²) >= 11 is 0. The van der Waals surface area contributed by atoms with E-state index in [1.54, 1.807) is 0 Å². The zero-order chi connectivity index (χ0) is 19.8. The number of carbonyl (C=O) groups excluding carboxylic acids is 3. The van der Waals surface area contributed by atoms with Gasteiger partial charge in [0.2, 0.25) is 0 Å². The Bertz CT molecular complexity index is 818. The van der Waals surface area contributed by atoms with Crippen molar-refractivity contribution in [3.8, 4) is 0 Å². The Morgan fingerprint density at radius 2 is 1.70 bits per heavy atom. The Morgan fingerprint density at radius 1 is 1.04 bits per heavy atom. The number of esters is 1. The number of anilines is 2. The maximum Gasteiger partial charge on any atom is 0.338 e. The Balaban J connectivity index is 1.92. The molecule has 3 amide bonds. The van der Waals surface area contributed by atoms with Gasteiger partial charge in [0.25, 0.3) is 5.91 Å². The van der Waals surface area contributed by atoms with Crippen molar-refractivity contribution in [3.63, 3.8) is 0 Å². The van der Waals surface area contributed by atoms with Crippen LogP contribution in [-0.4, -0.2) is 24.5 Å². The van der Waals surface area contributed by atoms with E-state index in [1.165, 1.54) is 24.3 Å². The molecule has 27 heavy (non-hydrogen) atoms. The number of hydrogen-bond acceptors (Lipinski definition) is 4. The number of hydrogen-bond donors (Lipinski definition) is 3. The fraction of sp³-hybridized carbons (Fsp3) is 0.250. The SMILES string of the molecule is CC[C@@H](C)c1ccccc1NC(=O)COC(=O)c1ccc(NC(N)=O)cc1. The minimum Gasteiger partial charge on any atom is -0.452 e. The number of ether oxygens (including phenoxy) is 1. The minimum atomic E-state index is -0.695. The zero-order valence-corrected chi connectivity index (χ0v) is 15.3. The number of nitrogens with two attached hydrogens (primary N) is 1. The van der Waals surface area contributed by atoms with Crippen LogP contribution in [0.2, 0.25) is 0 Å². The lowest BCUT2D eigenvalue weighted by molar-refractivity contribution is -0.119. The number of amides is 3. The number of nitrogens with one attached hydrogen (secondary N) is 2. The summed E-state index contributed by atoms with van der Waals surface area (Å²) in [5.74, 6) is -0.742. The topological polar surface area (TPSA) is 111 Å². The second kappa shape index (κ2) is 9.38. The monoisotopic (exact) mass is 369 g/mol. The normalized spacial score (nSPS) is 11.3. The lowest BCUT2D eigenvalue weighted by Gasteiger charge is -2.15. The summed E-state index contributed by atoms with van der Waals surface area (Å²) in [5.41, 5.74) is 7.49. The van der Waals surface area contributed by atoms with E-state index >= 15 is 0 Å². The van der Waals surface area contributed by atoms with Gasteiger partial charge in [-0.3, -0.25) is 4.79 Å². The van der Waals surface area contributed by atoms with Crippen LogP contribution in [-0.2, 0) is 9.53 Å². The number of primary amides is 1. The molecule has 0 unspecified atom stereocenters. The lowest BCUT2D eigenvalue weighted by atomic mass is 9.97. The summed E-state index contributed by atoms with van der Waals surface area (Å²) in [6.45, 7) is 3.77. The fourth-order valence-electron chi connectivity index (χ4n) is 2.49. The predicted octanol–water partition coefficient (Wildman–Crippen LogP) is 3.49. The van der Waals surface area contributed by atoms with Crippen molar-refractivity contribution in [3.05, 3.63) is 59.7 Å². The summed E-state index contributed by atoms with van der Waals surface area (Å²) in [6, 6.07) is 12.9. The van der Waals surface area contributed by atoms with Crippen LogP contribution in [0, 0.1) is 0 Å². The number of rotatable bonds is 7. The third kappa shape index (κ3) is 5.85. The van der Waals surface area contributed by atoms with Crippen LogP contribution in [0.3, 0.4) is 0 Å². The third-order valence-corrected chi connectivity index (χ3v) is 4.10. The van der Waals surface area contributed by atoms with Gasteiger partial charge in [0.05, 0.1) is 5.56 Å². The molecule has 0 heterocycles. The van der Waals surface area contributed by atoms with Crippen LogP contribution in [0.4, 0.5) is 16.2 Å². The maximum atomic E-state index is 12.1. The van der Waals surface area contributed by atoms with Gasteiger partial charge in [-0.25, -0.2) is 9.59 Å². The Hall–Kier alpha value is -3.35. The molecule has 0 spiro atoms. The van der Waals surface area contributed by atoms with Crippen LogP contribution in [0.15, 0.2) is 48.5 Å². The van der Waals surface area contributed by atoms with Crippen LogP contribution in [0.1, 0.15) is 42.1 Å². The molecule has 0 saturated carbocycles. The van der Waals surface area contributed by atoms with E-state index < -0.39 is 24.5 Å². The third-order valence-electron chi connectivity index (χ3n) is 4.10. The van der Waals surface area contributed by atoms with Crippen LogP contribution < -0.4 is 16.4 Å². The van der Waals surface area contributed by atoms with Gasteiger partial charge in [-0.15, -0.1) is 0 Å². The molecule has 0 aromatic heterocycles. The van der Waals surface area contributed by atoms with E-state index in [9.17, 15) is 14.4 Å². The molecule has 0 fully saturated rings. The predicted molar refractivity (Wildman–Crippen MR) is 104 cm³/mol. The van der Waals surface area contributed by atoms with E-state index in [2.05, 4.69) is 24.5 Å². The summed E-state index contributed by atoms with van der Waals surface area (Å²) in [7, 11) is 0. The van der Waals surface area contributed by atoms with E-state index in [0.717, 1.165) is 17.7 Å². The number of urea groups is 1. The molecule has 142 valence electrons. The van der Waals surface area contributed by atoms with Gasteiger partial charge in [0.1, 0.15) is 0 Å². The van der Waals surface area contributed by atoms with Crippen molar-refractivity contribution >= 4 is 29.3 Å². The van der Waals surface area contributed by atoms with Crippen molar-refractivity contribution in [2.45, 2.75) is 26.2 Å². The largest absolute Gasteiger partial charge is 0.452 e. The fourth-order valence-corrected chi connectivity index (χ4v) is 2.49. The standard InChI is InChI=1S/C20H23N3O4/c1-3-13(2)16-6-4-5-7-17(16)23-18(24)12-27-19(25)14-8-10-15(11-9-14)22-20(21)26/h4-11,13H,3,12H2,1-2H3,(H,23,24)(H3,21,22,26)/t13-/m1/s1. The number of para-hydroxylation sites is 1. The Kier molecular flexibility index (Phi) is 6.93. The highest BCUT2D eigenvalue weighted by atomic mass is 16.5. The molecule has 0 radical (unpaired) electrons. The number of benzene rings is 2. The first-order chi connectivity index (χ1) is 12.9. The van der Waals surface area contributed by atoms with Gasteiger partial charge in [-0.1, -0.05) is 32.0 Å². The Labute approximate surface area is 157 Å². The van der Waals surface area contributed by atoms with Crippen molar-refractivity contribution < 1.29 is 19.1 Å². The van der Waals surface area contributed by atoms with E-state index in [1.807, 2.05) is 24.3 Å². The molecular weight excluding hydrogens is 346 g/mol. The second-order valence-corrected chi connectivity index (χ2v) is 6.09. The van der Waals surface area contributed by atoms with E-state index in [-0.39, 0.29) is 5.56 Å². The van der Waals surface area contributed by atoms with Gasteiger partial charge >= 0.3 is 12.0 Å². The summed E-state index contributed by atoms with van der Waals surface area (Å²) in [4.78, 5) is 35.0. The van der Waals surface area contributed by atoms with Crippen LogP contribution in [0.25, 0.3) is 0 Å². The highest BCUT2D eigenvalue weighted by Crippen LogP contribution is 2.26. The van der Waals surface area contributed by atoms with E-state index in [4.69, 9.17) is 10.5 Å². The molecule has 2 aromatic rings. The summed E-state index contributed by atoms with van der Waals surface area (Å²) in [6.07, 6.45) is 0.947. The molecule has 2 rings (SSSR count). The van der Waals surface area contributed by atoms with Gasteiger partial charge in [-0.05, 0) is 48.2 Å². The summed E-state index contributed by atoms with van der Waals surface area (Å²) < 4.78 is 5.05. The molecule has 7 nitrogen and oxygen atoms in total. The maximum absolute atomic E-state index is 12.1. The first-order valence-electron chi connectivity index (χ1n) is 8.63. The molecule has 0 aliphatic heterocycles. The van der Waals surface area contributed by atoms with Crippen molar-refractivity contribution in [2.24, 2.45) is 5.73 Å². The molecular formula is C20H23N3O4. The molecule has 1 atom stereocenters. The smallest absolute Gasteiger partial charge is 0.338 e. The van der Waals surface area contributed by atoms with Gasteiger partial charge in [0.15, 0.2) is 6.61 Å². The van der Waals surface area contributed by atoms with Gasteiger partial charge in [0, 0.05) is 11.4 Å². The Morgan fingerprint density at radius 3 is 2.33 bits per heavy atom. The highest BCUT2D eigenvalue weighted by molar-refractivity contribution is 5.96. The van der Waals surface area contributed by atoms with Crippen molar-refractivity contribution in [2.75, 3.05) is 17.2 Å². The minimum absolute atomic E-state index is 0.262. The molecule has 0 aliphatic carbocycles. The quantitative estimate of drug-likeness (QED) is 0.649. The summed E-state index contributed by atoms with van der Waals surface area (Å²) in [5, 5.41) is 5.18. The van der Waals surface area contributed by atoms with Crippen LogP contribution in [0.5, 0.6) is 0 Å². The van der Waals surface area contributed by atoms with Crippen LogP contribution >= 0.6 is 0 Å².